The van der Waals surface area contributed by atoms with Gasteiger partial charge in [0.15, 0.2) is 12.0 Å². The first-order valence-electron chi connectivity index (χ1n) is 11.5. The summed E-state index contributed by atoms with van der Waals surface area (Å²) in [5.41, 5.74) is 1.97. The Morgan fingerprint density at radius 2 is 1.91 bits per heavy atom. The third-order valence-corrected chi connectivity index (χ3v) is 6.35. The van der Waals surface area contributed by atoms with Crippen molar-refractivity contribution in [2.75, 3.05) is 13.1 Å². The molecule has 5 rings (SSSR count). The fourth-order valence-corrected chi connectivity index (χ4v) is 4.55. The van der Waals surface area contributed by atoms with Crippen molar-refractivity contribution in [3.63, 3.8) is 0 Å². The van der Waals surface area contributed by atoms with Crippen LogP contribution in [0.1, 0.15) is 30.3 Å². The zero-order valence-corrected chi connectivity index (χ0v) is 19.1. The Hall–Kier alpha value is -3.89. The number of ether oxygens (including phenoxy) is 1. The summed E-state index contributed by atoms with van der Waals surface area (Å²) >= 11 is 0. The van der Waals surface area contributed by atoms with Crippen molar-refractivity contribution in [2.24, 2.45) is 0 Å². The molecule has 3 heterocycles. The molecule has 0 radical (unpaired) electrons. The Morgan fingerprint density at radius 1 is 1.17 bits per heavy atom. The standard InChI is InChI=1S/C25H26N4O6/c1-15(30)24(35-20-8-4-7-19-23(20)17-5-2-3-6-18(17)27-19)26-16-11-13-28(14-12-16)25(31)21-9-10-22(34-21)29(32)33/h2-10,15-16,24,26-27,30H,11-14H2,1H3. The molecule has 10 heteroatoms. The van der Waals surface area contributed by atoms with E-state index in [2.05, 4.69) is 10.3 Å². The highest BCUT2D eigenvalue weighted by molar-refractivity contribution is 6.10. The fourth-order valence-electron chi connectivity index (χ4n) is 4.55. The predicted molar refractivity (Wildman–Crippen MR) is 129 cm³/mol. The van der Waals surface area contributed by atoms with E-state index in [-0.39, 0.29) is 17.7 Å². The number of hydrogen-bond acceptors (Lipinski definition) is 7. The average Bonchev–Trinajstić information content (AvgIpc) is 3.49. The quantitative estimate of drug-likeness (QED) is 0.209. The van der Waals surface area contributed by atoms with Crippen LogP contribution in [0.3, 0.4) is 0 Å². The number of para-hydroxylation sites is 1. The van der Waals surface area contributed by atoms with Gasteiger partial charge in [-0.3, -0.25) is 20.2 Å². The smallest absolute Gasteiger partial charge is 0.433 e. The molecule has 2 aromatic heterocycles. The monoisotopic (exact) mass is 478 g/mol. The predicted octanol–water partition coefficient (Wildman–Crippen LogP) is 3.80. The average molecular weight is 479 g/mol. The normalized spacial score (nSPS) is 16.5. The molecular weight excluding hydrogens is 452 g/mol. The second-order valence-corrected chi connectivity index (χ2v) is 8.76. The van der Waals surface area contributed by atoms with E-state index < -0.39 is 23.1 Å². The third-order valence-electron chi connectivity index (χ3n) is 6.35. The lowest BCUT2D eigenvalue weighted by Crippen LogP contribution is -2.52. The molecule has 35 heavy (non-hydrogen) atoms. The van der Waals surface area contributed by atoms with E-state index in [0.29, 0.717) is 31.7 Å². The SMILES string of the molecule is CC(O)C(NC1CCN(C(=O)c2ccc([N+](=O)[O-])o2)CC1)Oc1cccc2[nH]c3ccccc3c12. The van der Waals surface area contributed by atoms with Crippen molar-refractivity contribution in [3.05, 3.63) is 70.5 Å². The number of benzene rings is 2. The van der Waals surface area contributed by atoms with Crippen molar-refractivity contribution >= 4 is 33.6 Å². The maximum Gasteiger partial charge on any atom is 0.433 e. The molecule has 1 saturated heterocycles. The number of piperidine rings is 1. The Labute approximate surface area is 200 Å². The van der Waals surface area contributed by atoms with Gasteiger partial charge in [0.05, 0.1) is 11.6 Å². The van der Waals surface area contributed by atoms with Crippen LogP contribution in [0.2, 0.25) is 0 Å². The van der Waals surface area contributed by atoms with Gasteiger partial charge in [-0.1, -0.05) is 24.3 Å². The molecule has 3 N–H and O–H groups in total. The van der Waals surface area contributed by atoms with E-state index in [0.717, 1.165) is 21.8 Å². The van der Waals surface area contributed by atoms with E-state index in [9.17, 15) is 20.0 Å². The van der Waals surface area contributed by atoms with Crippen molar-refractivity contribution in [2.45, 2.75) is 38.1 Å². The van der Waals surface area contributed by atoms with Gasteiger partial charge in [0.2, 0.25) is 0 Å². The van der Waals surface area contributed by atoms with Gasteiger partial charge in [0, 0.05) is 35.4 Å². The number of carbonyl (C=O) groups is 1. The van der Waals surface area contributed by atoms with Gasteiger partial charge in [-0.2, -0.15) is 0 Å². The maximum atomic E-state index is 12.6. The van der Waals surface area contributed by atoms with Crippen molar-refractivity contribution in [3.8, 4) is 5.75 Å². The summed E-state index contributed by atoms with van der Waals surface area (Å²) in [5, 5.41) is 26.7. The van der Waals surface area contributed by atoms with Crippen LogP contribution in [0.5, 0.6) is 5.75 Å². The molecule has 1 aliphatic heterocycles. The molecule has 10 nitrogen and oxygen atoms in total. The largest absolute Gasteiger partial charge is 0.472 e. The molecule has 0 aliphatic carbocycles. The van der Waals surface area contributed by atoms with Gasteiger partial charge in [0.25, 0.3) is 5.91 Å². The fraction of sp³-hybridized carbons (Fsp3) is 0.320. The minimum absolute atomic E-state index is 0.0201. The van der Waals surface area contributed by atoms with Crippen molar-refractivity contribution < 1.29 is 24.0 Å². The van der Waals surface area contributed by atoms with E-state index in [1.807, 2.05) is 42.5 Å². The highest BCUT2D eigenvalue weighted by Gasteiger charge is 2.29. The summed E-state index contributed by atoms with van der Waals surface area (Å²) in [4.78, 5) is 27.8. The lowest BCUT2D eigenvalue weighted by molar-refractivity contribution is -0.402. The topological polar surface area (TPSA) is 134 Å². The first-order chi connectivity index (χ1) is 16.9. The van der Waals surface area contributed by atoms with Crippen LogP contribution in [-0.2, 0) is 0 Å². The number of hydrogen-bond donors (Lipinski definition) is 3. The number of likely N-dealkylation sites (tertiary alicyclic amines) is 1. The number of nitrogens with one attached hydrogen (secondary N) is 2. The summed E-state index contributed by atoms with van der Waals surface area (Å²) in [6.07, 6.45) is -0.149. The van der Waals surface area contributed by atoms with Crippen LogP contribution in [-0.4, -0.2) is 57.3 Å². The minimum Gasteiger partial charge on any atom is -0.472 e. The Morgan fingerprint density at radius 3 is 2.63 bits per heavy atom. The van der Waals surface area contributed by atoms with E-state index >= 15 is 0 Å². The van der Waals surface area contributed by atoms with Crippen LogP contribution >= 0.6 is 0 Å². The summed E-state index contributed by atoms with van der Waals surface area (Å²) in [5.74, 6) is -0.191. The number of rotatable bonds is 7. The molecule has 1 amide bonds. The zero-order chi connectivity index (χ0) is 24.5. The zero-order valence-electron chi connectivity index (χ0n) is 19.1. The molecule has 1 fully saturated rings. The van der Waals surface area contributed by atoms with Crippen LogP contribution in [0, 0.1) is 10.1 Å². The number of amides is 1. The highest BCUT2D eigenvalue weighted by atomic mass is 16.6. The Kier molecular flexibility index (Phi) is 6.14. The number of aliphatic hydroxyl groups is 1. The first-order valence-corrected chi connectivity index (χ1v) is 11.5. The highest BCUT2D eigenvalue weighted by Crippen LogP contribution is 2.33. The van der Waals surface area contributed by atoms with Crippen molar-refractivity contribution in [1.82, 2.24) is 15.2 Å². The molecule has 0 bridgehead atoms. The van der Waals surface area contributed by atoms with Crippen LogP contribution in [0.4, 0.5) is 5.88 Å². The van der Waals surface area contributed by atoms with Gasteiger partial charge in [-0.05, 0) is 44.0 Å². The molecule has 0 saturated carbocycles. The molecule has 1 aliphatic rings. The summed E-state index contributed by atoms with van der Waals surface area (Å²) in [7, 11) is 0. The van der Waals surface area contributed by atoms with Gasteiger partial charge < -0.3 is 24.1 Å². The molecule has 4 aromatic rings. The number of fused-ring (bicyclic) bond motifs is 3. The lowest BCUT2D eigenvalue weighted by atomic mass is 10.0. The van der Waals surface area contributed by atoms with E-state index in [1.165, 1.54) is 12.1 Å². The molecule has 2 atom stereocenters. The van der Waals surface area contributed by atoms with Gasteiger partial charge >= 0.3 is 5.88 Å². The number of H-pyrrole nitrogens is 1. The van der Waals surface area contributed by atoms with Crippen LogP contribution in [0.25, 0.3) is 21.8 Å². The minimum atomic E-state index is -0.779. The lowest BCUT2D eigenvalue weighted by Gasteiger charge is -2.35. The number of aromatic nitrogens is 1. The number of furan rings is 1. The second-order valence-electron chi connectivity index (χ2n) is 8.76. The van der Waals surface area contributed by atoms with E-state index in [4.69, 9.17) is 9.15 Å². The van der Waals surface area contributed by atoms with Gasteiger partial charge in [-0.25, -0.2) is 0 Å². The Bertz CT molecular complexity index is 1370. The Balaban J connectivity index is 1.26. The summed E-state index contributed by atoms with van der Waals surface area (Å²) in [6, 6.07) is 16.3. The number of aromatic amines is 1. The van der Waals surface area contributed by atoms with E-state index in [1.54, 1.807) is 11.8 Å². The molecule has 2 unspecified atom stereocenters. The summed E-state index contributed by atoms with van der Waals surface area (Å²) < 4.78 is 11.3. The number of aliphatic hydroxyl groups excluding tert-OH is 1. The van der Waals surface area contributed by atoms with Gasteiger partial charge in [-0.15, -0.1) is 0 Å². The number of nitrogens with zero attached hydrogens (tertiary/aromatic N) is 2. The number of nitro groups is 1. The maximum absolute atomic E-state index is 12.6. The molecule has 0 spiro atoms. The molecule has 2 aromatic carbocycles. The third kappa shape index (κ3) is 4.58. The molecule has 182 valence electrons. The summed E-state index contributed by atoms with van der Waals surface area (Å²) in [6.45, 7) is 2.58. The van der Waals surface area contributed by atoms with Crippen LogP contribution in [0.15, 0.2) is 59.0 Å². The first kappa shape index (κ1) is 22.9. The molecular formula is C25H26N4O6. The second kappa shape index (κ2) is 9.40. The van der Waals surface area contributed by atoms with Crippen LogP contribution < -0.4 is 10.1 Å². The van der Waals surface area contributed by atoms with Crippen molar-refractivity contribution in [1.29, 1.82) is 0 Å². The number of carbonyl (C=O) groups excluding carboxylic acids is 1. The van der Waals surface area contributed by atoms with Gasteiger partial charge in [0.1, 0.15) is 16.8 Å².